The highest BCUT2D eigenvalue weighted by atomic mass is 19.4. The maximum atomic E-state index is 13.5. The van der Waals surface area contributed by atoms with Crippen LogP contribution in [-0.2, 0) is 22.2 Å². The molecule has 1 saturated heterocycles. The SMILES string of the molecule is COc1cccc(CC(=O)N2CCN(c3ccc(C#N)c(C(F)(F)F)c3)CC2C(=O)NC2CC2)c1. The van der Waals surface area contributed by atoms with Gasteiger partial charge < -0.3 is 19.9 Å². The lowest BCUT2D eigenvalue weighted by atomic mass is 10.0. The molecule has 10 heteroatoms. The lowest BCUT2D eigenvalue weighted by molar-refractivity contribution is -0.140. The average Bonchev–Trinajstić information content (AvgIpc) is 3.66. The minimum absolute atomic E-state index is 0.0472. The van der Waals surface area contributed by atoms with E-state index >= 15 is 0 Å². The molecule has 1 aliphatic heterocycles. The zero-order valence-corrected chi connectivity index (χ0v) is 19.1. The number of anilines is 1. The molecule has 0 bridgehead atoms. The Hall–Kier alpha value is -3.74. The van der Waals surface area contributed by atoms with Crippen molar-refractivity contribution in [3.63, 3.8) is 0 Å². The van der Waals surface area contributed by atoms with Crippen LogP contribution in [0.5, 0.6) is 5.75 Å². The van der Waals surface area contributed by atoms with Gasteiger partial charge >= 0.3 is 6.18 Å². The van der Waals surface area contributed by atoms with Crippen molar-refractivity contribution in [2.75, 3.05) is 31.6 Å². The highest BCUT2D eigenvalue weighted by Crippen LogP contribution is 2.35. The summed E-state index contributed by atoms with van der Waals surface area (Å²) < 4.78 is 45.6. The van der Waals surface area contributed by atoms with E-state index in [4.69, 9.17) is 10.00 Å². The Labute approximate surface area is 201 Å². The monoisotopic (exact) mass is 486 g/mol. The molecule has 7 nitrogen and oxygen atoms in total. The number of nitriles is 1. The van der Waals surface area contributed by atoms with Crippen LogP contribution in [0.15, 0.2) is 42.5 Å². The first-order valence-corrected chi connectivity index (χ1v) is 11.3. The van der Waals surface area contributed by atoms with Crippen LogP contribution in [0.25, 0.3) is 0 Å². The minimum Gasteiger partial charge on any atom is -0.497 e. The minimum atomic E-state index is -4.68. The zero-order chi connectivity index (χ0) is 25.2. The molecule has 4 rings (SSSR count). The summed E-state index contributed by atoms with van der Waals surface area (Å²) in [5, 5.41) is 12.0. The molecule has 0 spiro atoms. The number of benzene rings is 2. The maximum absolute atomic E-state index is 13.5. The van der Waals surface area contributed by atoms with Gasteiger partial charge in [0.2, 0.25) is 11.8 Å². The summed E-state index contributed by atoms with van der Waals surface area (Å²) in [6, 6.07) is 11.4. The lowest BCUT2D eigenvalue weighted by Crippen LogP contribution is -2.61. The largest absolute Gasteiger partial charge is 0.497 e. The van der Waals surface area contributed by atoms with Crippen molar-refractivity contribution >= 4 is 17.5 Å². The van der Waals surface area contributed by atoms with Crippen LogP contribution in [0.3, 0.4) is 0 Å². The van der Waals surface area contributed by atoms with Gasteiger partial charge in [-0.2, -0.15) is 18.4 Å². The summed E-state index contributed by atoms with van der Waals surface area (Å²) >= 11 is 0. The summed E-state index contributed by atoms with van der Waals surface area (Å²) in [6.07, 6.45) is -2.88. The lowest BCUT2D eigenvalue weighted by Gasteiger charge is -2.42. The van der Waals surface area contributed by atoms with Crippen molar-refractivity contribution in [3.05, 3.63) is 59.2 Å². The number of hydrogen-bond acceptors (Lipinski definition) is 5. The summed E-state index contributed by atoms with van der Waals surface area (Å²) in [7, 11) is 1.53. The van der Waals surface area contributed by atoms with Crippen LogP contribution >= 0.6 is 0 Å². The quantitative estimate of drug-likeness (QED) is 0.678. The van der Waals surface area contributed by atoms with E-state index in [-0.39, 0.29) is 49.6 Å². The molecule has 2 aromatic rings. The van der Waals surface area contributed by atoms with E-state index in [1.165, 1.54) is 18.1 Å². The Kier molecular flexibility index (Phi) is 6.87. The topological polar surface area (TPSA) is 85.7 Å². The summed E-state index contributed by atoms with van der Waals surface area (Å²) in [5.41, 5.74) is -0.495. The molecule has 0 radical (unpaired) electrons. The first-order chi connectivity index (χ1) is 16.7. The molecular weight excluding hydrogens is 461 g/mol. The van der Waals surface area contributed by atoms with Crippen molar-refractivity contribution in [1.82, 2.24) is 10.2 Å². The van der Waals surface area contributed by atoms with E-state index in [1.807, 2.05) is 0 Å². The molecule has 1 unspecified atom stereocenters. The van der Waals surface area contributed by atoms with Crippen LogP contribution in [0.1, 0.15) is 29.5 Å². The third-order valence-corrected chi connectivity index (χ3v) is 6.21. The van der Waals surface area contributed by atoms with Crippen LogP contribution in [0.2, 0.25) is 0 Å². The molecule has 1 aliphatic carbocycles. The summed E-state index contributed by atoms with van der Waals surface area (Å²) in [5.74, 6) is 0.0509. The second-order valence-electron chi connectivity index (χ2n) is 8.70. The molecule has 1 N–H and O–H groups in total. The van der Waals surface area contributed by atoms with Crippen molar-refractivity contribution in [3.8, 4) is 11.8 Å². The standard InChI is InChI=1S/C25H25F3N4O3/c1-35-20-4-2-3-16(11-20)12-23(33)32-10-9-31(15-22(32)24(34)30-18-6-7-18)19-8-5-17(14-29)21(13-19)25(26,27)28/h2-5,8,11,13,18,22H,6-7,9-10,12,15H2,1H3,(H,30,34). The van der Waals surface area contributed by atoms with E-state index in [0.29, 0.717) is 5.75 Å². The second kappa shape index (κ2) is 9.86. The normalized spacial score (nSPS) is 18.1. The number of halogens is 3. The van der Waals surface area contributed by atoms with E-state index in [9.17, 15) is 22.8 Å². The predicted octanol–water partition coefficient (Wildman–Crippen LogP) is 3.12. The zero-order valence-electron chi connectivity index (χ0n) is 19.1. The second-order valence-corrected chi connectivity index (χ2v) is 8.70. The molecule has 0 aromatic heterocycles. The van der Waals surface area contributed by atoms with Gasteiger partial charge in [0.1, 0.15) is 11.8 Å². The fourth-order valence-electron chi connectivity index (χ4n) is 4.18. The van der Waals surface area contributed by atoms with E-state index in [1.54, 1.807) is 35.2 Å². The van der Waals surface area contributed by atoms with Crippen LogP contribution < -0.4 is 15.0 Å². The summed E-state index contributed by atoms with van der Waals surface area (Å²) in [4.78, 5) is 29.4. The number of hydrogen-bond donors (Lipinski definition) is 1. The fourth-order valence-corrected chi connectivity index (χ4v) is 4.18. The first-order valence-electron chi connectivity index (χ1n) is 11.3. The van der Waals surface area contributed by atoms with Gasteiger partial charge in [-0.05, 0) is 48.7 Å². The molecule has 2 aliphatic rings. The number of alkyl halides is 3. The van der Waals surface area contributed by atoms with Gasteiger partial charge in [-0.25, -0.2) is 0 Å². The molecule has 2 fully saturated rings. The van der Waals surface area contributed by atoms with Crippen molar-refractivity contribution in [1.29, 1.82) is 5.26 Å². The molecule has 35 heavy (non-hydrogen) atoms. The van der Waals surface area contributed by atoms with E-state index in [0.717, 1.165) is 30.5 Å². The van der Waals surface area contributed by atoms with Crippen molar-refractivity contribution in [2.45, 2.75) is 37.5 Å². The van der Waals surface area contributed by atoms with Gasteiger partial charge in [0.25, 0.3) is 0 Å². The number of rotatable bonds is 6. The number of methoxy groups -OCH3 is 1. The third kappa shape index (κ3) is 5.67. The number of carbonyl (C=O) groups is 2. The number of carbonyl (C=O) groups excluding carboxylic acids is 2. The first kappa shape index (κ1) is 24.4. The van der Waals surface area contributed by atoms with Gasteiger partial charge in [-0.1, -0.05) is 12.1 Å². The van der Waals surface area contributed by atoms with Crippen LogP contribution in [0, 0.1) is 11.3 Å². The molecule has 1 atom stereocenters. The van der Waals surface area contributed by atoms with Crippen molar-refractivity contribution in [2.24, 2.45) is 0 Å². The predicted molar refractivity (Wildman–Crippen MR) is 122 cm³/mol. The van der Waals surface area contributed by atoms with Crippen LogP contribution in [-0.4, -0.2) is 55.5 Å². The van der Waals surface area contributed by atoms with Gasteiger partial charge in [-0.15, -0.1) is 0 Å². The van der Waals surface area contributed by atoms with Gasteiger partial charge in [0.05, 0.1) is 30.7 Å². The van der Waals surface area contributed by atoms with Crippen LogP contribution in [0.4, 0.5) is 18.9 Å². The number of nitrogens with one attached hydrogen (secondary N) is 1. The fraction of sp³-hybridized carbons (Fsp3) is 0.400. The smallest absolute Gasteiger partial charge is 0.417 e. The highest BCUT2D eigenvalue weighted by Gasteiger charge is 2.39. The Bertz CT molecular complexity index is 1160. The Morgan fingerprint density at radius 1 is 1.17 bits per heavy atom. The Balaban J connectivity index is 1.56. The highest BCUT2D eigenvalue weighted by molar-refractivity contribution is 5.90. The Morgan fingerprint density at radius 3 is 2.60 bits per heavy atom. The maximum Gasteiger partial charge on any atom is 0.417 e. The van der Waals surface area contributed by atoms with Gasteiger partial charge in [-0.3, -0.25) is 9.59 Å². The molecule has 2 aromatic carbocycles. The molecule has 184 valence electrons. The summed E-state index contributed by atoms with van der Waals surface area (Å²) in [6.45, 7) is 0.471. The number of piperazine rings is 1. The third-order valence-electron chi connectivity index (χ3n) is 6.21. The van der Waals surface area contributed by atoms with Gasteiger partial charge in [0.15, 0.2) is 0 Å². The Morgan fingerprint density at radius 2 is 1.94 bits per heavy atom. The number of nitrogens with zero attached hydrogens (tertiary/aromatic N) is 3. The molecule has 1 saturated carbocycles. The van der Waals surface area contributed by atoms with Crippen molar-refractivity contribution < 1.29 is 27.5 Å². The van der Waals surface area contributed by atoms with E-state index < -0.39 is 23.3 Å². The molecule has 2 amide bonds. The van der Waals surface area contributed by atoms with E-state index in [2.05, 4.69) is 5.32 Å². The van der Waals surface area contributed by atoms with Gasteiger partial charge in [0, 0.05) is 31.4 Å². The average molecular weight is 486 g/mol. The number of amides is 2. The molecular formula is C25H25F3N4O3. The number of ether oxygens (including phenoxy) is 1. The molecule has 1 heterocycles.